The first kappa shape index (κ1) is 18.7. The molecule has 132 valence electrons. The van der Waals surface area contributed by atoms with Gasteiger partial charge in [0.15, 0.2) is 12.2 Å². The third kappa shape index (κ3) is 5.17. The fraction of sp³-hybridized carbons (Fsp3) is 0.500. The second kappa shape index (κ2) is 8.43. The Balaban J connectivity index is 1.88. The molecule has 24 heavy (non-hydrogen) atoms. The zero-order valence-corrected chi connectivity index (χ0v) is 13.8. The van der Waals surface area contributed by atoms with Gasteiger partial charge in [0, 0.05) is 4.90 Å². The maximum absolute atomic E-state index is 12.5. The SMILES string of the molecule is O=C(COC(=O)C1(O)CCCCC1)Nc1ccccc1SC(F)F. The minimum Gasteiger partial charge on any atom is -0.453 e. The number of hydrogen-bond acceptors (Lipinski definition) is 5. The first-order valence-electron chi connectivity index (χ1n) is 7.64. The summed E-state index contributed by atoms with van der Waals surface area (Å²) in [6, 6.07) is 6.13. The smallest absolute Gasteiger partial charge is 0.338 e. The predicted octanol–water partition coefficient (Wildman–Crippen LogP) is 3.18. The lowest BCUT2D eigenvalue weighted by Gasteiger charge is -2.29. The third-order valence-electron chi connectivity index (χ3n) is 3.77. The Kier molecular flexibility index (Phi) is 6.56. The van der Waals surface area contributed by atoms with Crippen LogP contribution in [0.5, 0.6) is 0 Å². The molecule has 1 amide bonds. The van der Waals surface area contributed by atoms with Gasteiger partial charge in [0.05, 0.1) is 5.69 Å². The van der Waals surface area contributed by atoms with Crippen molar-refractivity contribution in [1.29, 1.82) is 0 Å². The summed E-state index contributed by atoms with van der Waals surface area (Å²) in [5.41, 5.74) is -1.30. The number of esters is 1. The minimum absolute atomic E-state index is 0.220. The van der Waals surface area contributed by atoms with Crippen LogP contribution in [-0.4, -0.2) is 34.9 Å². The fourth-order valence-electron chi connectivity index (χ4n) is 2.56. The summed E-state index contributed by atoms with van der Waals surface area (Å²) in [5.74, 6) is -4.07. The number of benzene rings is 1. The van der Waals surface area contributed by atoms with Crippen LogP contribution in [0.2, 0.25) is 0 Å². The largest absolute Gasteiger partial charge is 0.453 e. The number of ether oxygens (including phenoxy) is 1. The monoisotopic (exact) mass is 359 g/mol. The quantitative estimate of drug-likeness (QED) is 0.603. The Morgan fingerprint density at radius 3 is 2.58 bits per heavy atom. The van der Waals surface area contributed by atoms with E-state index in [0.29, 0.717) is 24.6 Å². The van der Waals surface area contributed by atoms with E-state index in [9.17, 15) is 23.5 Å². The number of amides is 1. The molecule has 1 saturated carbocycles. The van der Waals surface area contributed by atoms with Gasteiger partial charge in [-0.25, -0.2) is 4.79 Å². The lowest BCUT2D eigenvalue weighted by atomic mass is 9.85. The van der Waals surface area contributed by atoms with Crippen LogP contribution in [-0.2, 0) is 14.3 Å². The van der Waals surface area contributed by atoms with Crippen LogP contribution in [0.1, 0.15) is 32.1 Å². The molecule has 0 bridgehead atoms. The first-order valence-corrected chi connectivity index (χ1v) is 8.52. The number of thioether (sulfide) groups is 1. The zero-order chi connectivity index (χ0) is 17.6. The second-order valence-corrected chi connectivity index (χ2v) is 6.62. The van der Waals surface area contributed by atoms with Crippen LogP contribution in [0, 0.1) is 0 Å². The van der Waals surface area contributed by atoms with E-state index < -0.39 is 29.8 Å². The van der Waals surface area contributed by atoms with E-state index in [1.165, 1.54) is 12.1 Å². The first-order chi connectivity index (χ1) is 11.4. The second-order valence-electron chi connectivity index (χ2n) is 5.59. The summed E-state index contributed by atoms with van der Waals surface area (Å²) in [5, 5.41) is 12.6. The van der Waals surface area contributed by atoms with Crippen molar-refractivity contribution in [1.82, 2.24) is 0 Å². The average molecular weight is 359 g/mol. The van der Waals surface area contributed by atoms with Crippen molar-refractivity contribution in [2.75, 3.05) is 11.9 Å². The van der Waals surface area contributed by atoms with E-state index in [2.05, 4.69) is 5.32 Å². The molecule has 2 rings (SSSR count). The van der Waals surface area contributed by atoms with Crippen LogP contribution in [0.15, 0.2) is 29.2 Å². The molecule has 2 N–H and O–H groups in total. The molecule has 8 heteroatoms. The van der Waals surface area contributed by atoms with Gasteiger partial charge in [0.2, 0.25) is 0 Å². The normalized spacial score (nSPS) is 16.7. The molecular weight excluding hydrogens is 340 g/mol. The van der Waals surface area contributed by atoms with E-state index in [1.807, 2.05) is 0 Å². The molecule has 0 radical (unpaired) electrons. The summed E-state index contributed by atoms with van der Waals surface area (Å²) in [6.45, 7) is -0.575. The van der Waals surface area contributed by atoms with Crippen LogP contribution in [0.4, 0.5) is 14.5 Å². The van der Waals surface area contributed by atoms with Crippen molar-refractivity contribution in [3.63, 3.8) is 0 Å². The number of anilines is 1. The maximum Gasteiger partial charge on any atom is 0.338 e. The Bertz CT molecular complexity index is 591. The lowest BCUT2D eigenvalue weighted by molar-refractivity contribution is -0.170. The van der Waals surface area contributed by atoms with E-state index >= 15 is 0 Å². The van der Waals surface area contributed by atoms with Gasteiger partial charge in [-0.1, -0.05) is 30.3 Å². The number of halogens is 2. The Labute approximate surface area is 142 Å². The summed E-state index contributed by atoms with van der Waals surface area (Å²) in [4.78, 5) is 24.0. The van der Waals surface area contributed by atoms with E-state index in [4.69, 9.17) is 4.74 Å². The summed E-state index contributed by atoms with van der Waals surface area (Å²) in [6.07, 6.45) is 3.06. The summed E-state index contributed by atoms with van der Waals surface area (Å²) < 4.78 is 29.9. The molecule has 5 nitrogen and oxygen atoms in total. The number of rotatable bonds is 6. The molecule has 1 aliphatic rings. The lowest BCUT2D eigenvalue weighted by Crippen LogP contribution is -2.42. The van der Waals surface area contributed by atoms with Gasteiger partial charge in [-0.2, -0.15) is 8.78 Å². The number of para-hydroxylation sites is 1. The molecule has 0 saturated heterocycles. The topological polar surface area (TPSA) is 75.6 Å². The molecular formula is C16H19F2NO4S. The highest BCUT2D eigenvalue weighted by atomic mass is 32.2. The average Bonchev–Trinajstić information content (AvgIpc) is 2.54. The molecule has 0 unspecified atom stereocenters. The highest BCUT2D eigenvalue weighted by Crippen LogP contribution is 2.32. The molecule has 0 aliphatic heterocycles. The molecule has 0 atom stereocenters. The fourth-order valence-corrected chi connectivity index (χ4v) is 3.16. The number of hydrogen-bond donors (Lipinski definition) is 2. The number of alkyl halides is 2. The summed E-state index contributed by atoms with van der Waals surface area (Å²) >= 11 is 0.318. The van der Waals surface area contributed by atoms with Crippen molar-refractivity contribution in [2.45, 2.75) is 48.4 Å². The highest BCUT2D eigenvalue weighted by Gasteiger charge is 2.38. The molecule has 0 heterocycles. The molecule has 1 aliphatic carbocycles. The van der Waals surface area contributed by atoms with Crippen molar-refractivity contribution in [3.05, 3.63) is 24.3 Å². The van der Waals surface area contributed by atoms with Crippen molar-refractivity contribution in [3.8, 4) is 0 Å². The minimum atomic E-state index is -2.61. The molecule has 1 aromatic carbocycles. The number of carbonyl (C=O) groups excluding carboxylic acids is 2. The van der Waals surface area contributed by atoms with Gasteiger partial charge in [0.25, 0.3) is 11.7 Å². The Morgan fingerprint density at radius 2 is 1.92 bits per heavy atom. The maximum atomic E-state index is 12.5. The molecule has 1 fully saturated rings. The van der Waals surface area contributed by atoms with E-state index in [-0.39, 0.29) is 10.6 Å². The number of nitrogens with one attached hydrogen (secondary N) is 1. The van der Waals surface area contributed by atoms with Crippen LogP contribution in [0.3, 0.4) is 0 Å². The standard InChI is InChI=1S/C16H19F2NO4S/c17-15(18)24-12-7-3-2-6-11(12)19-13(20)10-23-14(21)16(22)8-4-1-5-9-16/h2-3,6-7,15,22H,1,4-5,8-10H2,(H,19,20). The molecule has 0 spiro atoms. The van der Waals surface area contributed by atoms with Crippen molar-refractivity contribution < 1.29 is 28.2 Å². The highest BCUT2D eigenvalue weighted by molar-refractivity contribution is 7.99. The van der Waals surface area contributed by atoms with Gasteiger partial charge >= 0.3 is 5.97 Å². The molecule has 0 aromatic heterocycles. The van der Waals surface area contributed by atoms with Gasteiger partial charge in [-0.3, -0.25) is 4.79 Å². The third-order valence-corrected chi connectivity index (χ3v) is 4.56. The summed E-state index contributed by atoms with van der Waals surface area (Å²) in [7, 11) is 0. The van der Waals surface area contributed by atoms with E-state index in [0.717, 1.165) is 19.3 Å². The van der Waals surface area contributed by atoms with Crippen molar-refractivity contribution >= 4 is 29.3 Å². The number of aliphatic hydroxyl groups is 1. The van der Waals surface area contributed by atoms with E-state index in [1.54, 1.807) is 12.1 Å². The van der Waals surface area contributed by atoms with Crippen LogP contribution >= 0.6 is 11.8 Å². The van der Waals surface area contributed by atoms with Gasteiger partial charge < -0.3 is 15.2 Å². The van der Waals surface area contributed by atoms with Gasteiger partial charge in [-0.15, -0.1) is 0 Å². The van der Waals surface area contributed by atoms with Crippen LogP contribution in [0.25, 0.3) is 0 Å². The van der Waals surface area contributed by atoms with Gasteiger partial charge in [-0.05, 0) is 37.8 Å². The molecule has 1 aromatic rings. The Hall–Kier alpha value is -1.67. The Morgan fingerprint density at radius 1 is 1.25 bits per heavy atom. The van der Waals surface area contributed by atoms with Gasteiger partial charge in [0.1, 0.15) is 0 Å². The number of carbonyl (C=O) groups is 2. The zero-order valence-electron chi connectivity index (χ0n) is 13.0. The van der Waals surface area contributed by atoms with Crippen LogP contribution < -0.4 is 5.32 Å². The van der Waals surface area contributed by atoms with Crippen molar-refractivity contribution in [2.24, 2.45) is 0 Å². The predicted molar refractivity (Wildman–Crippen MR) is 85.9 cm³/mol.